The van der Waals surface area contributed by atoms with Gasteiger partial charge >= 0.3 is 0 Å². The summed E-state index contributed by atoms with van der Waals surface area (Å²) < 4.78 is 38.1. The number of aromatic nitrogens is 2. The largest absolute Gasteiger partial charge is 0.454 e. The maximum atomic E-state index is 12.4. The summed E-state index contributed by atoms with van der Waals surface area (Å²) in [6.45, 7) is 3.77. The number of anilines is 1. The Morgan fingerprint density at radius 1 is 1.26 bits per heavy atom. The summed E-state index contributed by atoms with van der Waals surface area (Å²) in [4.78, 5) is 12.4. The van der Waals surface area contributed by atoms with Crippen molar-refractivity contribution in [2.45, 2.75) is 31.7 Å². The highest BCUT2D eigenvalue weighted by Gasteiger charge is 2.26. The number of ether oxygens (including phenoxy) is 2. The number of aryl methyl sites for hydroxylation is 2. The Morgan fingerprint density at radius 2 is 1.96 bits per heavy atom. The lowest BCUT2D eigenvalue weighted by Crippen LogP contribution is -2.23. The number of nitrogens with one attached hydrogen (secondary N) is 1. The van der Waals surface area contributed by atoms with Crippen LogP contribution in [0.25, 0.3) is 0 Å². The molecule has 1 aliphatic rings. The number of carbonyl (C=O) groups is 1. The Morgan fingerprint density at radius 3 is 2.67 bits per heavy atom. The average Bonchev–Trinajstić information content (AvgIpc) is 3.16. The van der Waals surface area contributed by atoms with Crippen molar-refractivity contribution in [1.82, 2.24) is 14.1 Å². The maximum absolute atomic E-state index is 12.4. The van der Waals surface area contributed by atoms with Crippen LogP contribution in [0.1, 0.15) is 17.8 Å². The molecule has 10 heteroatoms. The van der Waals surface area contributed by atoms with E-state index in [-0.39, 0.29) is 30.6 Å². The van der Waals surface area contributed by atoms with E-state index in [1.165, 1.54) is 14.1 Å². The molecule has 0 spiro atoms. The van der Waals surface area contributed by atoms with Crippen molar-refractivity contribution in [1.29, 1.82) is 0 Å². The Hall–Kier alpha value is -2.59. The fourth-order valence-electron chi connectivity index (χ4n) is 2.86. The molecule has 3 rings (SSSR count). The predicted molar refractivity (Wildman–Crippen MR) is 98.4 cm³/mol. The van der Waals surface area contributed by atoms with E-state index in [0.717, 1.165) is 4.31 Å². The summed E-state index contributed by atoms with van der Waals surface area (Å²) >= 11 is 0. The van der Waals surface area contributed by atoms with Crippen LogP contribution in [0.3, 0.4) is 0 Å². The van der Waals surface area contributed by atoms with Crippen molar-refractivity contribution < 1.29 is 22.7 Å². The lowest BCUT2D eigenvalue weighted by molar-refractivity contribution is -0.116. The highest BCUT2D eigenvalue weighted by Crippen LogP contribution is 2.34. The number of fused-ring (bicyclic) bond motifs is 1. The van der Waals surface area contributed by atoms with Gasteiger partial charge in [-0.15, -0.1) is 0 Å². The van der Waals surface area contributed by atoms with E-state index in [0.29, 0.717) is 28.6 Å². The molecule has 2 heterocycles. The fourth-order valence-corrected chi connectivity index (χ4v) is 4.12. The first-order valence-electron chi connectivity index (χ1n) is 8.36. The van der Waals surface area contributed by atoms with Crippen molar-refractivity contribution in [2.75, 3.05) is 26.2 Å². The summed E-state index contributed by atoms with van der Waals surface area (Å²) in [5, 5.41) is 7.07. The molecule has 2 aromatic rings. The van der Waals surface area contributed by atoms with Crippen LogP contribution in [-0.4, -0.2) is 49.3 Å². The highest BCUT2D eigenvalue weighted by atomic mass is 32.2. The summed E-state index contributed by atoms with van der Waals surface area (Å²) in [5.74, 6) is 1.02. The summed E-state index contributed by atoms with van der Waals surface area (Å²) in [7, 11) is -0.634. The van der Waals surface area contributed by atoms with E-state index in [2.05, 4.69) is 10.4 Å². The molecule has 0 fully saturated rings. The third kappa shape index (κ3) is 3.76. The Bertz CT molecular complexity index is 981. The lowest BCUT2D eigenvalue weighted by atomic mass is 10.2. The van der Waals surface area contributed by atoms with Crippen LogP contribution < -0.4 is 14.8 Å². The molecule has 1 aliphatic heterocycles. The molecule has 1 amide bonds. The van der Waals surface area contributed by atoms with Crippen LogP contribution in [0.2, 0.25) is 0 Å². The van der Waals surface area contributed by atoms with Gasteiger partial charge in [-0.2, -0.15) is 5.10 Å². The maximum Gasteiger partial charge on any atom is 0.246 e. The number of hydrogen-bond donors (Lipinski definition) is 1. The van der Waals surface area contributed by atoms with Gasteiger partial charge in [0.15, 0.2) is 11.5 Å². The van der Waals surface area contributed by atoms with E-state index < -0.39 is 10.0 Å². The van der Waals surface area contributed by atoms with Crippen molar-refractivity contribution in [3.05, 3.63) is 29.6 Å². The summed E-state index contributed by atoms with van der Waals surface area (Å²) in [6, 6.07) is 5.17. The van der Waals surface area contributed by atoms with E-state index in [9.17, 15) is 13.2 Å². The third-order valence-corrected chi connectivity index (χ3v) is 6.33. The van der Waals surface area contributed by atoms with Crippen molar-refractivity contribution in [3.8, 4) is 11.5 Å². The average molecular weight is 394 g/mol. The first-order chi connectivity index (χ1) is 12.7. The molecule has 0 saturated heterocycles. The van der Waals surface area contributed by atoms with Gasteiger partial charge in [0, 0.05) is 32.3 Å². The van der Waals surface area contributed by atoms with Crippen molar-refractivity contribution in [3.63, 3.8) is 0 Å². The van der Waals surface area contributed by atoms with Gasteiger partial charge in [0.1, 0.15) is 4.90 Å². The first-order valence-corrected chi connectivity index (χ1v) is 9.80. The molecule has 1 aromatic carbocycles. The van der Waals surface area contributed by atoms with Crippen molar-refractivity contribution >= 4 is 21.6 Å². The van der Waals surface area contributed by atoms with Crippen LogP contribution in [-0.2, 0) is 21.4 Å². The number of hydrogen-bond acceptors (Lipinski definition) is 6. The third-order valence-electron chi connectivity index (χ3n) is 4.26. The molecule has 0 atom stereocenters. The molecule has 0 aliphatic carbocycles. The molecular weight excluding hydrogens is 372 g/mol. The Kier molecular flexibility index (Phi) is 5.11. The van der Waals surface area contributed by atoms with Gasteiger partial charge in [0.2, 0.25) is 22.7 Å². The van der Waals surface area contributed by atoms with Gasteiger partial charge in [-0.25, -0.2) is 12.7 Å². The zero-order chi connectivity index (χ0) is 19.8. The number of amides is 1. The van der Waals surface area contributed by atoms with Gasteiger partial charge in [0.25, 0.3) is 0 Å². The Labute approximate surface area is 157 Å². The minimum Gasteiger partial charge on any atom is -0.454 e. The number of rotatable bonds is 6. The lowest BCUT2D eigenvalue weighted by Gasteiger charge is -2.12. The van der Waals surface area contributed by atoms with Gasteiger partial charge in [-0.1, -0.05) is 0 Å². The minimum absolute atomic E-state index is 0.151. The molecule has 146 valence electrons. The quantitative estimate of drug-likeness (QED) is 0.797. The zero-order valence-corrected chi connectivity index (χ0v) is 16.5. The second-order valence-corrected chi connectivity index (χ2v) is 8.47. The minimum atomic E-state index is -3.59. The number of nitrogens with zero attached hydrogens (tertiary/aromatic N) is 3. The number of sulfonamides is 1. The second-order valence-electron chi connectivity index (χ2n) is 6.38. The molecule has 0 bridgehead atoms. The monoisotopic (exact) mass is 394 g/mol. The van der Waals surface area contributed by atoms with Crippen LogP contribution in [0.4, 0.5) is 5.69 Å². The molecule has 0 saturated carbocycles. The molecule has 1 aromatic heterocycles. The predicted octanol–water partition coefficient (Wildman–Crippen LogP) is 1.51. The fraction of sp³-hybridized carbons (Fsp3) is 0.412. The van der Waals surface area contributed by atoms with Gasteiger partial charge in [-0.3, -0.25) is 9.48 Å². The molecule has 9 nitrogen and oxygen atoms in total. The standard InChI is InChI=1S/C17H22N4O5S/c1-11-17(27(23,24)20(3)4)12(2)21(19-11)8-7-16(22)18-13-5-6-14-15(9-13)26-10-25-14/h5-6,9H,7-8,10H2,1-4H3,(H,18,22). The van der Waals surface area contributed by atoms with E-state index in [4.69, 9.17) is 9.47 Å². The number of benzene rings is 1. The molecule has 0 radical (unpaired) electrons. The van der Waals surface area contributed by atoms with Gasteiger partial charge in [-0.05, 0) is 26.0 Å². The van der Waals surface area contributed by atoms with E-state index in [1.807, 2.05) is 0 Å². The summed E-state index contributed by atoms with van der Waals surface area (Å²) in [6.07, 6.45) is 0.151. The topological polar surface area (TPSA) is 103 Å². The van der Waals surface area contributed by atoms with Gasteiger partial charge in [0.05, 0.1) is 17.9 Å². The molecular formula is C17H22N4O5S. The van der Waals surface area contributed by atoms with Crippen LogP contribution in [0.5, 0.6) is 11.5 Å². The van der Waals surface area contributed by atoms with Crippen LogP contribution in [0, 0.1) is 13.8 Å². The highest BCUT2D eigenvalue weighted by molar-refractivity contribution is 7.89. The first kappa shape index (κ1) is 19.2. The molecule has 0 unspecified atom stereocenters. The van der Waals surface area contributed by atoms with Crippen LogP contribution >= 0.6 is 0 Å². The number of carbonyl (C=O) groups excluding carboxylic acids is 1. The van der Waals surface area contributed by atoms with Gasteiger partial charge < -0.3 is 14.8 Å². The van der Waals surface area contributed by atoms with Crippen LogP contribution in [0.15, 0.2) is 23.1 Å². The van der Waals surface area contributed by atoms with E-state index in [1.54, 1.807) is 36.7 Å². The molecule has 27 heavy (non-hydrogen) atoms. The smallest absolute Gasteiger partial charge is 0.246 e. The summed E-state index contributed by atoms with van der Waals surface area (Å²) in [5.41, 5.74) is 1.53. The second kappa shape index (κ2) is 7.20. The Balaban J connectivity index is 1.67. The molecule has 1 N–H and O–H groups in total. The van der Waals surface area contributed by atoms with E-state index >= 15 is 0 Å². The normalized spacial score (nSPS) is 13.2. The van der Waals surface area contributed by atoms with Crippen molar-refractivity contribution in [2.24, 2.45) is 0 Å². The zero-order valence-electron chi connectivity index (χ0n) is 15.6. The SMILES string of the molecule is Cc1nn(CCC(=O)Nc2ccc3c(c2)OCO3)c(C)c1S(=O)(=O)N(C)C.